The monoisotopic (exact) mass is 390 g/mol. The van der Waals surface area contributed by atoms with Gasteiger partial charge < -0.3 is 20.1 Å². The van der Waals surface area contributed by atoms with Crippen molar-refractivity contribution in [2.75, 3.05) is 19.5 Å². The number of carbonyl (C=O) groups excluding carboxylic acids is 3. The van der Waals surface area contributed by atoms with Crippen LogP contribution in [0.5, 0.6) is 5.75 Å². The van der Waals surface area contributed by atoms with Crippen LogP contribution < -0.4 is 15.4 Å². The summed E-state index contributed by atoms with van der Waals surface area (Å²) in [4.78, 5) is 37.7. The molecule has 0 fully saturated rings. The zero-order valence-corrected chi connectivity index (χ0v) is 16.7. The first-order valence-corrected chi connectivity index (χ1v) is 9.08. The number of thiophene rings is 1. The summed E-state index contributed by atoms with van der Waals surface area (Å²) < 4.78 is 10.0. The molecule has 0 atom stereocenters. The number of carbonyl (C=O) groups is 3. The second-order valence-electron chi connectivity index (χ2n) is 6.03. The minimum absolute atomic E-state index is 0.0628. The molecule has 0 unspecified atom stereocenters. The number of hydrogen-bond acceptors (Lipinski definition) is 6. The van der Waals surface area contributed by atoms with Crippen LogP contribution in [-0.4, -0.2) is 38.0 Å². The summed E-state index contributed by atoms with van der Waals surface area (Å²) >= 11 is 1.03. The Morgan fingerprint density at radius 3 is 2.33 bits per heavy atom. The molecule has 0 saturated carbocycles. The van der Waals surface area contributed by atoms with Gasteiger partial charge in [-0.1, -0.05) is 12.1 Å². The van der Waals surface area contributed by atoms with E-state index in [0.29, 0.717) is 21.8 Å². The van der Waals surface area contributed by atoms with Gasteiger partial charge in [-0.25, -0.2) is 4.79 Å². The van der Waals surface area contributed by atoms with Crippen molar-refractivity contribution < 1.29 is 23.9 Å². The van der Waals surface area contributed by atoms with Gasteiger partial charge in [0.2, 0.25) is 0 Å². The maximum Gasteiger partial charge on any atom is 0.341 e. The minimum Gasteiger partial charge on any atom is -0.496 e. The van der Waals surface area contributed by atoms with Crippen LogP contribution in [0, 0.1) is 6.92 Å². The van der Waals surface area contributed by atoms with E-state index in [9.17, 15) is 14.4 Å². The number of para-hydroxylation sites is 1. The topological polar surface area (TPSA) is 93.7 Å². The largest absolute Gasteiger partial charge is 0.496 e. The van der Waals surface area contributed by atoms with E-state index >= 15 is 0 Å². The van der Waals surface area contributed by atoms with Gasteiger partial charge in [-0.05, 0) is 38.5 Å². The SMILES string of the molecule is COC(=O)c1c(NC(=O)c2ccccc2OC)sc(C(=O)NC(C)C)c1C. The number of esters is 1. The molecule has 27 heavy (non-hydrogen) atoms. The molecule has 0 bridgehead atoms. The minimum atomic E-state index is -0.623. The number of nitrogens with one attached hydrogen (secondary N) is 2. The van der Waals surface area contributed by atoms with Gasteiger partial charge >= 0.3 is 5.97 Å². The lowest BCUT2D eigenvalue weighted by molar-refractivity contribution is 0.0601. The lowest BCUT2D eigenvalue weighted by atomic mass is 10.1. The predicted octanol–water partition coefficient (Wildman–Crippen LogP) is 3.24. The third-order valence-corrected chi connectivity index (χ3v) is 4.95. The van der Waals surface area contributed by atoms with Crippen LogP contribution in [0.4, 0.5) is 5.00 Å². The third kappa shape index (κ3) is 4.46. The molecule has 0 saturated heterocycles. The highest BCUT2D eigenvalue weighted by molar-refractivity contribution is 7.18. The Hall–Kier alpha value is -2.87. The van der Waals surface area contributed by atoms with E-state index in [1.54, 1.807) is 31.2 Å². The van der Waals surface area contributed by atoms with Crippen molar-refractivity contribution >= 4 is 34.1 Å². The van der Waals surface area contributed by atoms with Crippen LogP contribution in [0.15, 0.2) is 24.3 Å². The molecular weight excluding hydrogens is 368 g/mol. The summed E-state index contributed by atoms with van der Waals surface area (Å²) in [6.07, 6.45) is 0. The van der Waals surface area contributed by atoms with E-state index in [-0.39, 0.29) is 22.5 Å². The fourth-order valence-electron chi connectivity index (χ4n) is 2.50. The molecule has 2 aromatic rings. The first kappa shape index (κ1) is 20.4. The van der Waals surface area contributed by atoms with Crippen LogP contribution in [-0.2, 0) is 4.74 Å². The first-order chi connectivity index (χ1) is 12.8. The second kappa shape index (κ2) is 8.68. The summed E-state index contributed by atoms with van der Waals surface area (Å²) in [5.74, 6) is -0.978. The van der Waals surface area contributed by atoms with Gasteiger partial charge in [-0.3, -0.25) is 9.59 Å². The van der Waals surface area contributed by atoms with Gasteiger partial charge in [-0.15, -0.1) is 11.3 Å². The maximum atomic E-state index is 12.7. The highest BCUT2D eigenvalue weighted by Crippen LogP contribution is 2.34. The van der Waals surface area contributed by atoms with Crippen molar-refractivity contribution in [1.29, 1.82) is 0 Å². The van der Waals surface area contributed by atoms with E-state index < -0.39 is 11.9 Å². The summed E-state index contributed by atoms with van der Waals surface area (Å²) in [5, 5.41) is 5.75. The summed E-state index contributed by atoms with van der Waals surface area (Å²) in [6.45, 7) is 5.33. The average Bonchev–Trinajstić information content (AvgIpc) is 2.96. The van der Waals surface area contributed by atoms with E-state index in [4.69, 9.17) is 9.47 Å². The van der Waals surface area contributed by atoms with Gasteiger partial charge in [0.1, 0.15) is 10.8 Å². The van der Waals surface area contributed by atoms with Gasteiger partial charge in [0.25, 0.3) is 11.8 Å². The average molecular weight is 390 g/mol. The van der Waals surface area contributed by atoms with Crippen LogP contribution in [0.1, 0.15) is 49.8 Å². The van der Waals surface area contributed by atoms with Crippen LogP contribution in [0.3, 0.4) is 0 Å². The molecule has 0 radical (unpaired) electrons. The Kier molecular flexibility index (Phi) is 6.57. The number of anilines is 1. The van der Waals surface area contributed by atoms with E-state index in [2.05, 4.69) is 10.6 Å². The van der Waals surface area contributed by atoms with Crippen molar-refractivity contribution in [1.82, 2.24) is 5.32 Å². The van der Waals surface area contributed by atoms with Crippen LogP contribution in [0.2, 0.25) is 0 Å². The summed E-state index contributed by atoms with van der Waals surface area (Å²) in [6, 6.07) is 6.67. The highest BCUT2D eigenvalue weighted by atomic mass is 32.1. The van der Waals surface area contributed by atoms with Gasteiger partial charge in [0.15, 0.2) is 0 Å². The molecule has 1 aromatic carbocycles. The zero-order valence-electron chi connectivity index (χ0n) is 15.8. The molecular formula is C19H22N2O5S. The molecule has 0 spiro atoms. The molecule has 0 aliphatic carbocycles. The summed E-state index contributed by atoms with van der Waals surface area (Å²) in [5.41, 5.74) is 0.940. The van der Waals surface area contributed by atoms with Gasteiger partial charge in [0.05, 0.1) is 30.2 Å². The van der Waals surface area contributed by atoms with Crippen molar-refractivity contribution in [3.05, 3.63) is 45.8 Å². The Morgan fingerprint density at radius 1 is 1.07 bits per heavy atom. The number of ether oxygens (including phenoxy) is 2. The first-order valence-electron chi connectivity index (χ1n) is 8.27. The molecule has 2 rings (SSSR count). The van der Waals surface area contributed by atoms with E-state index in [0.717, 1.165) is 11.3 Å². The number of hydrogen-bond donors (Lipinski definition) is 2. The van der Waals surface area contributed by atoms with E-state index in [1.165, 1.54) is 14.2 Å². The van der Waals surface area contributed by atoms with Crippen LogP contribution >= 0.6 is 11.3 Å². The molecule has 2 amide bonds. The molecule has 0 aliphatic heterocycles. The van der Waals surface area contributed by atoms with Gasteiger partial charge in [0, 0.05) is 6.04 Å². The van der Waals surface area contributed by atoms with Crippen molar-refractivity contribution in [3.8, 4) is 5.75 Å². The quantitative estimate of drug-likeness (QED) is 0.739. The molecule has 8 heteroatoms. The standard InChI is InChI=1S/C19H22N2O5S/c1-10(2)20-17(23)15-11(3)14(19(24)26-5)18(27-15)21-16(22)12-8-6-7-9-13(12)25-4/h6-10H,1-5H3,(H,20,23)(H,21,22). The Bertz CT molecular complexity index is 873. The number of rotatable bonds is 6. The Balaban J connectivity index is 2.44. The summed E-state index contributed by atoms with van der Waals surface area (Å²) in [7, 11) is 2.72. The smallest absolute Gasteiger partial charge is 0.341 e. The lowest BCUT2D eigenvalue weighted by Crippen LogP contribution is -2.29. The zero-order chi connectivity index (χ0) is 20.1. The molecule has 1 heterocycles. The highest BCUT2D eigenvalue weighted by Gasteiger charge is 2.27. The van der Waals surface area contributed by atoms with Crippen LogP contribution in [0.25, 0.3) is 0 Å². The Labute approximate surface area is 161 Å². The fourth-order valence-corrected chi connectivity index (χ4v) is 3.59. The van der Waals surface area contributed by atoms with Crippen molar-refractivity contribution in [3.63, 3.8) is 0 Å². The molecule has 7 nitrogen and oxygen atoms in total. The third-order valence-electron chi connectivity index (χ3n) is 3.74. The Morgan fingerprint density at radius 2 is 1.74 bits per heavy atom. The number of methoxy groups -OCH3 is 2. The lowest BCUT2D eigenvalue weighted by Gasteiger charge is -2.09. The molecule has 2 N–H and O–H groups in total. The maximum absolute atomic E-state index is 12.7. The normalized spacial score (nSPS) is 10.4. The molecule has 144 valence electrons. The molecule has 1 aromatic heterocycles. The van der Waals surface area contributed by atoms with Gasteiger partial charge in [-0.2, -0.15) is 0 Å². The van der Waals surface area contributed by atoms with Crippen molar-refractivity contribution in [2.45, 2.75) is 26.8 Å². The predicted molar refractivity (Wildman–Crippen MR) is 104 cm³/mol. The van der Waals surface area contributed by atoms with E-state index in [1.807, 2.05) is 13.8 Å². The fraction of sp³-hybridized carbons (Fsp3) is 0.316. The van der Waals surface area contributed by atoms with Crippen molar-refractivity contribution in [2.24, 2.45) is 0 Å². The number of benzene rings is 1. The molecule has 0 aliphatic rings. The number of amides is 2. The second-order valence-corrected chi connectivity index (χ2v) is 7.06.